The molecular weight excluding hydrogens is 142 g/mol. The lowest BCUT2D eigenvalue weighted by Crippen LogP contribution is -2.26. The largest absolute Gasteiger partial charge is 0.465 e. The van der Waals surface area contributed by atoms with Gasteiger partial charge in [0.15, 0.2) is 0 Å². The van der Waals surface area contributed by atoms with Gasteiger partial charge in [-0.25, -0.2) is 0 Å². The molecule has 0 aromatic carbocycles. The van der Waals surface area contributed by atoms with Gasteiger partial charge in [-0.2, -0.15) is 0 Å². The Morgan fingerprint density at radius 3 is 2.91 bits per heavy atom. The first kappa shape index (κ1) is 8.53. The monoisotopic (exact) mass is 157 g/mol. The first-order valence-corrected chi connectivity index (χ1v) is 4.22. The van der Waals surface area contributed by atoms with Crippen LogP contribution in [-0.4, -0.2) is 25.2 Å². The predicted octanol–water partition coefficient (Wildman–Crippen LogP) is 0.692. The van der Waals surface area contributed by atoms with E-state index in [-0.39, 0.29) is 5.97 Å². The number of hydrogen-bond donors (Lipinski definition) is 1. The normalized spacial score (nSPS) is 16.5. The molecule has 0 amide bonds. The Hall–Kier alpha value is -0.570. The molecule has 3 nitrogen and oxygen atoms in total. The van der Waals surface area contributed by atoms with E-state index in [1.165, 1.54) is 12.8 Å². The number of nitrogens with one attached hydrogen (secondary N) is 1. The zero-order chi connectivity index (χ0) is 8.10. The highest BCUT2D eigenvalue weighted by atomic mass is 16.5. The third-order valence-electron chi connectivity index (χ3n) is 1.58. The van der Waals surface area contributed by atoms with Crippen LogP contribution in [0.5, 0.6) is 0 Å². The topological polar surface area (TPSA) is 38.3 Å². The van der Waals surface area contributed by atoms with Gasteiger partial charge < -0.3 is 10.1 Å². The smallest absolute Gasteiger partial charge is 0.319 e. The van der Waals surface area contributed by atoms with E-state index in [4.69, 9.17) is 4.74 Å². The Bertz CT molecular complexity index is 132. The molecular formula is C8H15NO2. The molecule has 1 aliphatic rings. The fraction of sp³-hybridized carbons (Fsp3) is 0.875. The van der Waals surface area contributed by atoms with E-state index in [2.05, 4.69) is 5.32 Å². The first-order chi connectivity index (χ1) is 5.33. The summed E-state index contributed by atoms with van der Waals surface area (Å²) in [4.78, 5) is 10.8. The van der Waals surface area contributed by atoms with Crippen molar-refractivity contribution in [3.8, 4) is 0 Å². The predicted molar refractivity (Wildman–Crippen MR) is 42.3 cm³/mol. The molecule has 1 N–H and O–H groups in total. The minimum atomic E-state index is -0.126. The molecule has 3 heteroatoms. The average molecular weight is 157 g/mol. The molecule has 0 aromatic rings. The van der Waals surface area contributed by atoms with Crippen LogP contribution in [0.25, 0.3) is 0 Å². The third-order valence-corrected chi connectivity index (χ3v) is 1.58. The number of esters is 1. The van der Waals surface area contributed by atoms with Crippen LogP contribution in [0.15, 0.2) is 0 Å². The molecule has 1 fully saturated rings. The van der Waals surface area contributed by atoms with E-state index < -0.39 is 0 Å². The van der Waals surface area contributed by atoms with Crippen molar-refractivity contribution in [3.05, 3.63) is 0 Å². The van der Waals surface area contributed by atoms with Crippen LogP contribution in [0.1, 0.15) is 26.2 Å². The van der Waals surface area contributed by atoms with E-state index in [0.29, 0.717) is 19.2 Å². The van der Waals surface area contributed by atoms with Crippen molar-refractivity contribution in [3.63, 3.8) is 0 Å². The van der Waals surface area contributed by atoms with Gasteiger partial charge in [0.1, 0.15) is 0 Å². The molecule has 11 heavy (non-hydrogen) atoms. The van der Waals surface area contributed by atoms with Crippen molar-refractivity contribution in [2.75, 3.05) is 13.2 Å². The molecule has 0 heterocycles. The van der Waals surface area contributed by atoms with E-state index in [1.807, 2.05) is 6.92 Å². The number of carbonyl (C=O) groups excluding carboxylic acids is 1. The van der Waals surface area contributed by atoms with E-state index in [9.17, 15) is 4.79 Å². The Balaban J connectivity index is 1.91. The van der Waals surface area contributed by atoms with Crippen molar-refractivity contribution in [1.29, 1.82) is 0 Å². The molecule has 0 atom stereocenters. The number of ether oxygens (including phenoxy) is 1. The molecule has 0 spiro atoms. The van der Waals surface area contributed by atoms with E-state index >= 15 is 0 Å². The molecule has 1 rings (SSSR count). The van der Waals surface area contributed by atoms with E-state index in [0.717, 1.165) is 6.42 Å². The summed E-state index contributed by atoms with van der Waals surface area (Å²) in [5.74, 6) is -0.126. The highest BCUT2D eigenvalue weighted by Crippen LogP contribution is 2.17. The van der Waals surface area contributed by atoms with Gasteiger partial charge >= 0.3 is 5.97 Å². The lowest BCUT2D eigenvalue weighted by atomic mass is 10.5. The highest BCUT2D eigenvalue weighted by molar-refractivity contribution is 5.71. The van der Waals surface area contributed by atoms with Gasteiger partial charge in [0.25, 0.3) is 0 Å². The summed E-state index contributed by atoms with van der Waals surface area (Å²) in [7, 11) is 0. The van der Waals surface area contributed by atoms with Crippen LogP contribution in [0, 0.1) is 0 Å². The Kier molecular flexibility index (Phi) is 3.36. The van der Waals surface area contributed by atoms with Gasteiger partial charge in [0.05, 0.1) is 13.2 Å². The Morgan fingerprint density at radius 2 is 2.36 bits per heavy atom. The maximum atomic E-state index is 10.8. The van der Waals surface area contributed by atoms with Gasteiger partial charge in [-0.15, -0.1) is 0 Å². The van der Waals surface area contributed by atoms with Crippen LogP contribution in [0.3, 0.4) is 0 Å². The van der Waals surface area contributed by atoms with Crippen molar-refractivity contribution in [1.82, 2.24) is 5.32 Å². The van der Waals surface area contributed by atoms with Gasteiger partial charge in [0.2, 0.25) is 0 Å². The summed E-state index contributed by atoms with van der Waals surface area (Å²) >= 11 is 0. The Morgan fingerprint density at radius 1 is 1.64 bits per heavy atom. The number of carbonyl (C=O) groups is 1. The summed E-state index contributed by atoms with van der Waals surface area (Å²) in [6, 6.07) is 0.587. The van der Waals surface area contributed by atoms with Gasteiger partial charge in [-0.05, 0) is 19.3 Å². The summed E-state index contributed by atoms with van der Waals surface area (Å²) in [6.07, 6.45) is 3.32. The molecule has 0 unspecified atom stereocenters. The van der Waals surface area contributed by atoms with Crippen LogP contribution in [0.4, 0.5) is 0 Å². The third kappa shape index (κ3) is 3.98. The minimum Gasteiger partial charge on any atom is -0.465 e. The first-order valence-electron chi connectivity index (χ1n) is 4.22. The van der Waals surface area contributed by atoms with E-state index in [1.54, 1.807) is 0 Å². The maximum absolute atomic E-state index is 10.8. The van der Waals surface area contributed by atoms with Gasteiger partial charge in [0, 0.05) is 6.04 Å². The highest BCUT2D eigenvalue weighted by Gasteiger charge is 2.21. The van der Waals surface area contributed by atoms with Gasteiger partial charge in [-0.1, -0.05) is 6.92 Å². The average Bonchev–Trinajstić information content (AvgIpc) is 2.80. The molecule has 0 saturated heterocycles. The number of hydrogen-bond acceptors (Lipinski definition) is 3. The fourth-order valence-corrected chi connectivity index (χ4v) is 0.782. The quantitative estimate of drug-likeness (QED) is 0.597. The van der Waals surface area contributed by atoms with Crippen LogP contribution in [-0.2, 0) is 9.53 Å². The Labute approximate surface area is 67.1 Å². The minimum absolute atomic E-state index is 0.126. The second-order valence-electron chi connectivity index (χ2n) is 2.88. The summed E-state index contributed by atoms with van der Waals surface area (Å²) in [6.45, 7) is 2.91. The molecule has 0 radical (unpaired) electrons. The fourth-order valence-electron chi connectivity index (χ4n) is 0.782. The zero-order valence-corrected chi connectivity index (χ0v) is 6.93. The molecule has 0 aromatic heterocycles. The summed E-state index contributed by atoms with van der Waals surface area (Å²) < 4.78 is 4.87. The SMILES string of the molecule is CCCOC(=O)CNC1CC1. The zero-order valence-electron chi connectivity index (χ0n) is 6.93. The van der Waals surface area contributed by atoms with Crippen molar-refractivity contribution >= 4 is 5.97 Å². The lowest BCUT2D eigenvalue weighted by molar-refractivity contribution is -0.142. The maximum Gasteiger partial charge on any atom is 0.319 e. The molecule has 64 valence electrons. The van der Waals surface area contributed by atoms with Crippen molar-refractivity contribution < 1.29 is 9.53 Å². The number of rotatable bonds is 5. The van der Waals surface area contributed by atoms with Gasteiger partial charge in [-0.3, -0.25) is 4.79 Å². The summed E-state index contributed by atoms with van der Waals surface area (Å²) in [5.41, 5.74) is 0. The molecule has 0 aliphatic heterocycles. The second kappa shape index (κ2) is 4.34. The second-order valence-corrected chi connectivity index (χ2v) is 2.88. The van der Waals surface area contributed by atoms with Crippen LogP contribution in [0.2, 0.25) is 0 Å². The molecule has 1 aliphatic carbocycles. The van der Waals surface area contributed by atoms with Crippen molar-refractivity contribution in [2.24, 2.45) is 0 Å². The van der Waals surface area contributed by atoms with Crippen molar-refractivity contribution in [2.45, 2.75) is 32.2 Å². The molecule has 1 saturated carbocycles. The standard InChI is InChI=1S/C8H15NO2/c1-2-5-11-8(10)6-9-7-3-4-7/h7,9H,2-6H2,1H3. The van der Waals surface area contributed by atoms with Crippen LogP contribution >= 0.6 is 0 Å². The molecule has 0 bridgehead atoms. The summed E-state index contributed by atoms with van der Waals surface area (Å²) in [5, 5.41) is 3.09. The van der Waals surface area contributed by atoms with Crippen LogP contribution < -0.4 is 5.32 Å². The lowest BCUT2D eigenvalue weighted by Gasteiger charge is -2.02.